The van der Waals surface area contributed by atoms with Crippen molar-refractivity contribution in [3.05, 3.63) is 93.8 Å². The van der Waals surface area contributed by atoms with E-state index in [0.717, 1.165) is 22.4 Å². The molecule has 1 unspecified atom stereocenters. The van der Waals surface area contributed by atoms with Gasteiger partial charge in [-0.05, 0) is 76.8 Å². The summed E-state index contributed by atoms with van der Waals surface area (Å²) in [6, 6.07) is 6.63. The van der Waals surface area contributed by atoms with E-state index >= 15 is 0 Å². The number of terminal acetylenes is 1. The number of aryl methyl sites for hydroxylation is 2. The Bertz CT molecular complexity index is 821. The summed E-state index contributed by atoms with van der Waals surface area (Å²) in [6.07, 6.45) is 13.2. The predicted octanol–water partition coefficient (Wildman–Crippen LogP) is 8.33. The molecule has 1 nitrogen and oxygen atoms in total. The summed E-state index contributed by atoms with van der Waals surface area (Å²) in [4.78, 5) is 0. The minimum absolute atomic E-state index is 0.0825. The van der Waals surface area contributed by atoms with Crippen molar-refractivity contribution in [3.8, 4) is 12.8 Å². The molecule has 0 heterocycles. The van der Waals surface area contributed by atoms with E-state index in [1.807, 2.05) is 19.9 Å². The maximum atomic E-state index is 6.15. The van der Waals surface area contributed by atoms with Crippen LogP contribution in [-0.2, 0) is 0 Å². The third-order valence-corrected chi connectivity index (χ3v) is 4.48. The minimum Gasteiger partial charge on any atom is -0.399 e. The molecule has 1 aromatic rings. The molecule has 30 heavy (non-hydrogen) atoms. The van der Waals surface area contributed by atoms with Crippen LogP contribution in [0.15, 0.2) is 77.1 Å². The first-order valence-electron chi connectivity index (χ1n) is 10.5. The fourth-order valence-corrected chi connectivity index (χ4v) is 3.31. The van der Waals surface area contributed by atoms with Crippen molar-refractivity contribution in [1.82, 2.24) is 0 Å². The van der Waals surface area contributed by atoms with Crippen LogP contribution < -0.4 is 5.73 Å². The van der Waals surface area contributed by atoms with Gasteiger partial charge in [0.05, 0.1) is 0 Å². The lowest BCUT2D eigenvalue weighted by Gasteiger charge is -2.28. The highest BCUT2D eigenvalue weighted by Gasteiger charge is 2.25. The van der Waals surface area contributed by atoms with Crippen molar-refractivity contribution in [2.45, 2.75) is 74.7 Å². The minimum atomic E-state index is 0.0825. The molecule has 0 saturated heterocycles. The fourth-order valence-electron chi connectivity index (χ4n) is 3.31. The van der Waals surface area contributed by atoms with Crippen LogP contribution in [0.2, 0.25) is 0 Å². The summed E-state index contributed by atoms with van der Waals surface area (Å²) in [5, 5.41) is 0. The molecule has 0 bridgehead atoms. The highest BCUT2D eigenvalue weighted by molar-refractivity contribution is 5.56. The Kier molecular flexibility index (Phi) is 14.9. The van der Waals surface area contributed by atoms with Gasteiger partial charge in [0.2, 0.25) is 0 Å². The fraction of sp³-hybridized carbons (Fsp3) is 0.379. The van der Waals surface area contributed by atoms with E-state index in [2.05, 4.69) is 98.7 Å². The van der Waals surface area contributed by atoms with E-state index in [1.54, 1.807) is 0 Å². The molecule has 0 fully saturated rings. The molecule has 1 aromatic carbocycles. The molecule has 164 valence electrons. The van der Waals surface area contributed by atoms with Gasteiger partial charge >= 0.3 is 0 Å². The molecule has 0 amide bonds. The maximum Gasteiger partial charge on any atom is 0.0347 e. The summed E-state index contributed by atoms with van der Waals surface area (Å²) >= 11 is 0. The Hall–Kier alpha value is -2.72. The third-order valence-electron chi connectivity index (χ3n) is 4.48. The van der Waals surface area contributed by atoms with Crippen LogP contribution >= 0.6 is 0 Å². The molecular formula is C29H43N. The average Bonchev–Trinajstić information content (AvgIpc) is 2.66. The third kappa shape index (κ3) is 9.19. The second kappa shape index (κ2) is 15.2. The topological polar surface area (TPSA) is 26.0 Å². The summed E-state index contributed by atoms with van der Waals surface area (Å²) < 4.78 is 0. The molecule has 0 saturated carbocycles. The molecule has 0 aliphatic carbocycles. The zero-order chi connectivity index (χ0) is 24.0. The number of benzene rings is 1. The standard InChI is InChI=1S/C24H33N.C3H8.C2H2/c1-10-20(25)14-22(15(2)3)24(23(16(4)5)17(6)7)21-12-11-18(8)13-19(21)9;1-3-2;1-2/h10-14,24H,2,4,25H2,1,3,5-9H3;3H2,1-2H3;1-2H/b20-10+,22-14+;;. The molecular weight excluding hydrogens is 362 g/mol. The Morgan fingerprint density at radius 1 is 1.03 bits per heavy atom. The highest BCUT2D eigenvalue weighted by atomic mass is 14.6. The largest absolute Gasteiger partial charge is 0.399 e. The quantitative estimate of drug-likeness (QED) is 0.373. The molecule has 0 spiro atoms. The number of hydrogen-bond acceptors (Lipinski definition) is 1. The van der Waals surface area contributed by atoms with Crippen LogP contribution in [0.5, 0.6) is 0 Å². The molecule has 1 rings (SSSR count). The molecule has 2 N–H and O–H groups in total. The Morgan fingerprint density at radius 2 is 1.53 bits per heavy atom. The Morgan fingerprint density at radius 3 is 1.87 bits per heavy atom. The number of nitrogens with two attached hydrogens (primary N) is 1. The van der Waals surface area contributed by atoms with Gasteiger partial charge in [-0.2, -0.15) is 0 Å². The monoisotopic (exact) mass is 405 g/mol. The lowest BCUT2D eigenvalue weighted by atomic mass is 9.76. The van der Waals surface area contributed by atoms with Gasteiger partial charge in [0.25, 0.3) is 0 Å². The Balaban J connectivity index is 0. The van der Waals surface area contributed by atoms with Crippen LogP contribution in [-0.4, -0.2) is 0 Å². The zero-order valence-electron chi connectivity index (χ0n) is 20.8. The predicted molar refractivity (Wildman–Crippen MR) is 139 cm³/mol. The summed E-state index contributed by atoms with van der Waals surface area (Å²) in [6.45, 7) is 27.4. The second-order valence-corrected chi connectivity index (χ2v) is 7.86. The molecule has 0 aromatic heterocycles. The van der Waals surface area contributed by atoms with Gasteiger partial charge in [0.1, 0.15) is 0 Å². The first-order chi connectivity index (χ1) is 14.0. The van der Waals surface area contributed by atoms with Crippen molar-refractivity contribution >= 4 is 0 Å². The van der Waals surface area contributed by atoms with Crippen LogP contribution in [0.25, 0.3) is 0 Å². The molecule has 0 aliphatic rings. The first-order valence-corrected chi connectivity index (χ1v) is 10.5. The first kappa shape index (κ1) is 29.5. The Labute approximate surface area is 187 Å². The number of rotatable bonds is 6. The van der Waals surface area contributed by atoms with Gasteiger partial charge in [-0.1, -0.05) is 80.0 Å². The van der Waals surface area contributed by atoms with E-state index in [4.69, 9.17) is 5.73 Å². The number of allylic oxidation sites excluding steroid dienone is 7. The van der Waals surface area contributed by atoms with E-state index in [0.29, 0.717) is 0 Å². The van der Waals surface area contributed by atoms with Gasteiger partial charge in [-0.3, -0.25) is 0 Å². The van der Waals surface area contributed by atoms with Gasteiger partial charge in [0.15, 0.2) is 0 Å². The van der Waals surface area contributed by atoms with Crippen LogP contribution in [0.3, 0.4) is 0 Å². The van der Waals surface area contributed by atoms with Crippen molar-refractivity contribution in [3.63, 3.8) is 0 Å². The van der Waals surface area contributed by atoms with Crippen molar-refractivity contribution in [1.29, 1.82) is 0 Å². The average molecular weight is 406 g/mol. The second-order valence-electron chi connectivity index (χ2n) is 7.86. The lowest BCUT2D eigenvalue weighted by Crippen LogP contribution is -2.12. The van der Waals surface area contributed by atoms with Gasteiger partial charge in [-0.25, -0.2) is 0 Å². The summed E-state index contributed by atoms with van der Waals surface area (Å²) in [5.74, 6) is 0.0825. The van der Waals surface area contributed by atoms with Crippen molar-refractivity contribution in [2.75, 3.05) is 0 Å². The van der Waals surface area contributed by atoms with Crippen LogP contribution in [0, 0.1) is 26.7 Å². The molecule has 1 heteroatoms. The lowest BCUT2D eigenvalue weighted by molar-refractivity contribution is 0.902. The van der Waals surface area contributed by atoms with Crippen LogP contribution in [0.1, 0.15) is 77.5 Å². The normalized spacial score (nSPS) is 11.8. The zero-order valence-corrected chi connectivity index (χ0v) is 20.8. The molecule has 0 radical (unpaired) electrons. The van der Waals surface area contributed by atoms with Gasteiger partial charge in [-0.15, -0.1) is 12.8 Å². The molecule has 0 aliphatic heterocycles. The smallest absolute Gasteiger partial charge is 0.0347 e. The number of hydrogen-bond donors (Lipinski definition) is 1. The SMILES string of the molecule is C#C.C=C(C)C(=C(C)C)C(/C(=C/C(N)=C\C)C(=C)C)c1ccc(C)cc1C.CCC. The molecule has 1 atom stereocenters. The summed E-state index contributed by atoms with van der Waals surface area (Å²) in [5.41, 5.74) is 16.5. The van der Waals surface area contributed by atoms with E-state index in [1.165, 1.54) is 34.3 Å². The highest BCUT2D eigenvalue weighted by Crippen LogP contribution is 2.41. The maximum absolute atomic E-state index is 6.15. The van der Waals surface area contributed by atoms with Gasteiger partial charge < -0.3 is 5.73 Å². The van der Waals surface area contributed by atoms with E-state index in [9.17, 15) is 0 Å². The van der Waals surface area contributed by atoms with Gasteiger partial charge in [0, 0.05) is 11.6 Å². The van der Waals surface area contributed by atoms with Crippen molar-refractivity contribution < 1.29 is 0 Å². The summed E-state index contributed by atoms with van der Waals surface area (Å²) in [7, 11) is 0. The van der Waals surface area contributed by atoms with Crippen LogP contribution in [0.4, 0.5) is 0 Å². The van der Waals surface area contributed by atoms with E-state index in [-0.39, 0.29) is 5.92 Å². The van der Waals surface area contributed by atoms with E-state index < -0.39 is 0 Å². The van der Waals surface area contributed by atoms with Crippen molar-refractivity contribution in [2.24, 2.45) is 5.73 Å².